The summed E-state index contributed by atoms with van der Waals surface area (Å²) >= 11 is 1.07. The number of hydrogen-bond acceptors (Lipinski definition) is 4. The maximum atomic E-state index is 11.6. The number of carbonyl (C=O) groups is 3. The fourth-order valence-corrected chi connectivity index (χ4v) is 1.97. The first kappa shape index (κ1) is 12.8. The lowest BCUT2D eigenvalue weighted by molar-refractivity contribution is -0.134. The second kappa shape index (κ2) is 6.37. The lowest BCUT2D eigenvalue weighted by Crippen LogP contribution is -2.35. The normalized spacial score (nSPS) is 16.5. The van der Waals surface area contributed by atoms with E-state index in [1.54, 1.807) is 4.90 Å². The molecule has 7 heteroatoms. The molecule has 0 bridgehead atoms. The van der Waals surface area contributed by atoms with Crippen LogP contribution in [0, 0.1) is 0 Å². The van der Waals surface area contributed by atoms with Gasteiger partial charge >= 0.3 is 5.97 Å². The topological polar surface area (TPSA) is 86.7 Å². The van der Waals surface area contributed by atoms with Crippen molar-refractivity contribution in [2.24, 2.45) is 0 Å². The molecular formula is C9H14N2O4S. The van der Waals surface area contributed by atoms with Crippen molar-refractivity contribution >= 4 is 29.5 Å². The van der Waals surface area contributed by atoms with E-state index in [2.05, 4.69) is 5.32 Å². The Bertz CT molecular complexity index is 295. The van der Waals surface area contributed by atoms with Crippen molar-refractivity contribution in [2.45, 2.75) is 6.42 Å². The standard InChI is InChI=1S/C9H14N2O4S/c12-7-1-3-11(4-2-10-7)8(13)5-16-6-9(14)15/h1-6H2,(H,10,12)(H,14,15). The van der Waals surface area contributed by atoms with Crippen LogP contribution in [-0.2, 0) is 14.4 Å². The number of carbonyl (C=O) groups excluding carboxylic acids is 2. The highest BCUT2D eigenvalue weighted by Gasteiger charge is 2.18. The Morgan fingerprint density at radius 2 is 2.12 bits per heavy atom. The van der Waals surface area contributed by atoms with Crippen LogP contribution < -0.4 is 5.32 Å². The zero-order valence-electron chi connectivity index (χ0n) is 8.77. The van der Waals surface area contributed by atoms with Gasteiger partial charge in [-0.1, -0.05) is 0 Å². The summed E-state index contributed by atoms with van der Waals surface area (Å²) in [6.45, 7) is 1.38. The molecule has 0 atom stereocenters. The molecule has 1 fully saturated rings. The third-order valence-corrected chi connectivity index (χ3v) is 3.02. The summed E-state index contributed by atoms with van der Waals surface area (Å²) in [5.41, 5.74) is 0. The lowest BCUT2D eigenvalue weighted by atomic mass is 10.4. The summed E-state index contributed by atoms with van der Waals surface area (Å²) in [6.07, 6.45) is 0.315. The van der Waals surface area contributed by atoms with E-state index in [9.17, 15) is 14.4 Å². The molecule has 2 N–H and O–H groups in total. The van der Waals surface area contributed by atoms with Crippen molar-refractivity contribution in [3.63, 3.8) is 0 Å². The van der Waals surface area contributed by atoms with Crippen LogP contribution >= 0.6 is 11.8 Å². The molecule has 1 heterocycles. The van der Waals surface area contributed by atoms with Gasteiger partial charge in [0.15, 0.2) is 0 Å². The van der Waals surface area contributed by atoms with Crippen LogP contribution in [0.3, 0.4) is 0 Å². The molecule has 1 saturated heterocycles. The van der Waals surface area contributed by atoms with Gasteiger partial charge in [0.25, 0.3) is 0 Å². The first-order valence-electron chi connectivity index (χ1n) is 4.93. The zero-order valence-corrected chi connectivity index (χ0v) is 9.59. The summed E-state index contributed by atoms with van der Waals surface area (Å²) < 4.78 is 0. The van der Waals surface area contributed by atoms with Crippen LogP contribution in [0.25, 0.3) is 0 Å². The van der Waals surface area contributed by atoms with Gasteiger partial charge in [0.2, 0.25) is 11.8 Å². The van der Waals surface area contributed by atoms with Gasteiger partial charge in [-0.2, -0.15) is 0 Å². The van der Waals surface area contributed by atoms with E-state index in [1.165, 1.54) is 0 Å². The van der Waals surface area contributed by atoms with Gasteiger partial charge in [-0.15, -0.1) is 11.8 Å². The Hall–Kier alpha value is -1.24. The van der Waals surface area contributed by atoms with Gasteiger partial charge in [0.1, 0.15) is 0 Å². The molecular weight excluding hydrogens is 232 g/mol. The number of rotatable bonds is 4. The van der Waals surface area contributed by atoms with E-state index in [0.717, 1.165) is 11.8 Å². The van der Waals surface area contributed by atoms with Gasteiger partial charge in [-0.25, -0.2) is 0 Å². The molecule has 0 unspecified atom stereocenters. The molecule has 1 rings (SSSR count). The van der Waals surface area contributed by atoms with Crippen LogP contribution in [0.4, 0.5) is 0 Å². The van der Waals surface area contributed by atoms with Crippen molar-refractivity contribution in [3.8, 4) is 0 Å². The first-order valence-corrected chi connectivity index (χ1v) is 6.09. The van der Waals surface area contributed by atoms with Crippen LogP contribution in [0.1, 0.15) is 6.42 Å². The van der Waals surface area contributed by atoms with Crippen molar-refractivity contribution in [2.75, 3.05) is 31.1 Å². The van der Waals surface area contributed by atoms with Crippen LogP contribution in [0.2, 0.25) is 0 Å². The van der Waals surface area contributed by atoms with Crippen LogP contribution in [0.15, 0.2) is 0 Å². The Kier molecular flexibility index (Phi) is 5.10. The van der Waals surface area contributed by atoms with E-state index in [0.29, 0.717) is 26.1 Å². The van der Waals surface area contributed by atoms with Gasteiger partial charge in [0.05, 0.1) is 11.5 Å². The second-order valence-corrected chi connectivity index (χ2v) is 4.35. The molecule has 2 amide bonds. The minimum atomic E-state index is -0.925. The highest BCUT2D eigenvalue weighted by Crippen LogP contribution is 2.04. The maximum absolute atomic E-state index is 11.6. The van der Waals surface area contributed by atoms with Crippen LogP contribution in [-0.4, -0.2) is 58.9 Å². The molecule has 0 aromatic rings. The van der Waals surface area contributed by atoms with Crippen molar-refractivity contribution in [3.05, 3.63) is 0 Å². The minimum absolute atomic E-state index is 0.0477. The van der Waals surface area contributed by atoms with Crippen molar-refractivity contribution < 1.29 is 19.5 Å². The maximum Gasteiger partial charge on any atom is 0.313 e. The highest BCUT2D eigenvalue weighted by molar-refractivity contribution is 8.00. The van der Waals surface area contributed by atoms with E-state index in [4.69, 9.17) is 5.11 Å². The summed E-state index contributed by atoms with van der Waals surface area (Å²) in [4.78, 5) is 34.5. The second-order valence-electron chi connectivity index (χ2n) is 3.37. The number of carboxylic acids is 1. The third kappa shape index (κ3) is 4.52. The Balaban J connectivity index is 2.29. The van der Waals surface area contributed by atoms with Crippen molar-refractivity contribution in [1.82, 2.24) is 10.2 Å². The van der Waals surface area contributed by atoms with Gasteiger partial charge < -0.3 is 15.3 Å². The fraction of sp³-hybridized carbons (Fsp3) is 0.667. The summed E-state index contributed by atoms with van der Waals surface area (Å²) in [5.74, 6) is -1.00. The number of hydrogen-bond donors (Lipinski definition) is 2. The van der Waals surface area contributed by atoms with Gasteiger partial charge in [-0.3, -0.25) is 14.4 Å². The largest absolute Gasteiger partial charge is 0.481 e. The van der Waals surface area contributed by atoms with Crippen LogP contribution in [0.5, 0.6) is 0 Å². The zero-order chi connectivity index (χ0) is 12.0. The van der Waals surface area contributed by atoms with E-state index < -0.39 is 5.97 Å². The predicted molar refractivity (Wildman–Crippen MR) is 59.2 cm³/mol. The molecule has 16 heavy (non-hydrogen) atoms. The lowest BCUT2D eigenvalue weighted by Gasteiger charge is -2.18. The molecule has 0 aliphatic carbocycles. The average molecular weight is 246 g/mol. The summed E-state index contributed by atoms with van der Waals surface area (Å²) in [5, 5.41) is 11.1. The predicted octanol–water partition coefficient (Wildman–Crippen LogP) is -0.847. The van der Waals surface area contributed by atoms with E-state index in [-0.39, 0.29) is 23.3 Å². The van der Waals surface area contributed by atoms with E-state index >= 15 is 0 Å². The Morgan fingerprint density at radius 1 is 1.38 bits per heavy atom. The van der Waals surface area contributed by atoms with Gasteiger partial charge in [0, 0.05) is 26.1 Å². The molecule has 0 radical (unpaired) electrons. The smallest absolute Gasteiger partial charge is 0.313 e. The molecule has 1 aliphatic rings. The van der Waals surface area contributed by atoms with Crippen molar-refractivity contribution in [1.29, 1.82) is 0 Å². The number of aliphatic carboxylic acids is 1. The number of nitrogens with one attached hydrogen (secondary N) is 1. The van der Waals surface area contributed by atoms with E-state index in [1.807, 2.05) is 0 Å². The molecule has 0 spiro atoms. The number of amides is 2. The minimum Gasteiger partial charge on any atom is -0.481 e. The molecule has 90 valence electrons. The number of thioether (sulfide) groups is 1. The SMILES string of the molecule is O=C(O)CSCC(=O)N1CCNC(=O)CC1. The molecule has 6 nitrogen and oxygen atoms in total. The third-order valence-electron chi connectivity index (χ3n) is 2.12. The average Bonchev–Trinajstić information content (AvgIpc) is 2.42. The fourth-order valence-electron chi connectivity index (χ4n) is 1.33. The summed E-state index contributed by atoms with van der Waals surface area (Å²) in [6, 6.07) is 0. The molecule has 1 aliphatic heterocycles. The summed E-state index contributed by atoms with van der Waals surface area (Å²) in [7, 11) is 0. The Labute approximate surface area is 97.4 Å². The first-order chi connectivity index (χ1) is 7.59. The quantitative estimate of drug-likeness (QED) is 0.675. The monoisotopic (exact) mass is 246 g/mol. The molecule has 0 aromatic carbocycles. The van der Waals surface area contributed by atoms with Gasteiger partial charge in [-0.05, 0) is 0 Å². The highest BCUT2D eigenvalue weighted by atomic mass is 32.2. The number of nitrogens with zero attached hydrogens (tertiary/aromatic N) is 1. The Morgan fingerprint density at radius 3 is 2.81 bits per heavy atom. The molecule has 0 aromatic heterocycles. The molecule has 0 saturated carbocycles. The number of carboxylic acid groups (broad SMARTS) is 1.